The van der Waals surface area contributed by atoms with Crippen LogP contribution in [0.4, 0.5) is 0 Å². The SMILES string of the molecule is CC1CN(Cc2ccc(Cl)cc2)CC1Br. The summed E-state index contributed by atoms with van der Waals surface area (Å²) in [6, 6.07) is 8.13. The van der Waals surface area contributed by atoms with Gasteiger partial charge in [0.1, 0.15) is 0 Å². The zero-order chi connectivity index (χ0) is 10.8. The summed E-state index contributed by atoms with van der Waals surface area (Å²) in [5.74, 6) is 0.748. The Bertz CT molecular complexity index is 315. The maximum absolute atomic E-state index is 5.85. The van der Waals surface area contributed by atoms with Gasteiger partial charge in [0.2, 0.25) is 0 Å². The third kappa shape index (κ3) is 2.96. The van der Waals surface area contributed by atoms with Crippen LogP contribution in [0.25, 0.3) is 0 Å². The van der Waals surface area contributed by atoms with Gasteiger partial charge in [-0.3, -0.25) is 4.90 Å². The van der Waals surface area contributed by atoms with Crippen molar-refractivity contribution in [2.45, 2.75) is 18.3 Å². The highest BCUT2D eigenvalue weighted by Crippen LogP contribution is 2.24. The van der Waals surface area contributed by atoms with Crippen molar-refractivity contribution in [3.63, 3.8) is 0 Å². The lowest BCUT2D eigenvalue weighted by Crippen LogP contribution is -2.20. The topological polar surface area (TPSA) is 3.24 Å². The van der Waals surface area contributed by atoms with Gasteiger partial charge in [-0.1, -0.05) is 46.6 Å². The van der Waals surface area contributed by atoms with Crippen LogP contribution < -0.4 is 0 Å². The van der Waals surface area contributed by atoms with Crippen LogP contribution in [-0.4, -0.2) is 22.8 Å². The molecule has 1 aromatic carbocycles. The maximum atomic E-state index is 5.85. The van der Waals surface area contributed by atoms with E-state index in [1.54, 1.807) is 0 Å². The molecule has 1 aliphatic rings. The normalized spacial score (nSPS) is 27.1. The van der Waals surface area contributed by atoms with Gasteiger partial charge in [-0.15, -0.1) is 0 Å². The average Bonchev–Trinajstić information content (AvgIpc) is 2.50. The summed E-state index contributed by atoms with van der Waals surface area (Å²) in [5, 5.41) is 0.812. The molecule has 2 rings (SSSR count). The zero-order valence-corrected chi connectivity index (χ0v) is 11.1. The Kier molecular flexibility index (Phi) is 3.70. The molecule has 0 N–H and O–H groups in total. The number of rotatable bonds is 2. The van der Waals surface area contributed by atoms with Gasteiger partial charge in [-0.05, 0) is 23.6 Å². The number of alkyl halides is 1. The lowest BCUT2D eigenvalue weighted by molar-refractivity contribution is 0.321. The Balaban J connectivity index is 1.95. The highest BCUT2D eigenvalue weighted by atomic mass is 79.9. The smallest absolute Gasteiger partial charge is 0.0406 e. The van der Waals surface area contributed by atoms with Gasteiger partial charge >= 0.3 is 0 Å². The second-order valence-corrected chi connectivity index (χ2v) is 5.93. The minimum Gasteiger partial charge on any atom is -0.298 e. The Hall–Kier alpha value is -0.0500. The molecule has 2 atom stereocenters. The predicted molar refractivity (Wildman–Crippen MR) is 68.6 cm³/mol. The molecular formula is C12H15BrClN. The summed E-state index contributed by atoms with van der Waals surface area (Å²) in [5.41, 5.74) is 1.34. The van der Waals surface area contributed by atoms with E-state index >= 15 is 0 Å². The fourth-order valence-electron chi connectivity index (χ4n) is 2.00. The summed E-state index contributed by atoms with van der Waals surface area (Å²) >= 11 is 9.56. The molecule has 3 heteroatoms. The van der Waals surface area contributed by atoms with Gasteiger partial charge in [0.15, 0.2) is 0 Å². The third-order valence-electron chi connectivity index (χ3n) is 2.92. The van der Waals surface area contributed by atoms with E-state index in [-0.39, 0.29) is 0 Å². The van der Waals surface area contributed by atoms with Gasteiger partial charge in [-0.2, -0.15) is 0 Å². The van der Waals surface area contributed by atoms with E-state index in [0.29, 0.717) is 4.83 Å². The van der Waals surface area contributed by atoms with Crippen LogP contribution in [0.1, 0.15) is 12.5 Å². The van der Waals surface area contributed by atoms with E-state index in [0.717, 1.165) is 24.0 Å². The second kappa shape index (κ2) is 4.86. The van der Waals surface area contributed by atoms with E-state index in [1.165, 1.54) is 12.1 Å². The van der Waals surface area contributed by atoms with E-state index in [2.05, 4.69) is 39.9 Å². The minimum atomic E-state index is 0.643. The number of hydrogen-bond acceptors (Lipinski definition) is 1. The predicted octanol–water partition coefficient (Wildman–Crippen LogP) is 3.56. The van der Waals surface area contributed by atoms with Crippen molar-refractivity contribution in [3.8, 4) is 0 Å². The van der Waals surface area contributed by atoms with E-state index in [1.807, 2.05) is 12.1 Å². The second-order valence-electron chi connectivity index (χ2n) is 4.31. The molecule has 0 spiro atoms. The first kappa shape index (κ1) is 11.4. The van der Waals surface area contributed by atoms with E-state index < -0.39 is 0 Å². The van der Waals surface area contributed by atoms with Gasteiger partial charge in [0.25, 0.3) is 0 Å². The van der Waals surface area contributed by atoms with Crippen LogP contribution in [0, 0.1) is 5.92 Å². The molecule has 0 aliphatic carbocycles. The molecule has 1 saturated heterocycles. The molecule has 0 radical (unpaired) electrons. The van der Waals surface area contributed by atoms with Crippen molar-refractivity contribution in [2.75, 3.05) is 13.1 Å². The van der Waals surface area contributed by atoms with Gasteiger partial charge in [0.05, 0.1) is 0 Å². The molecule has 15 heavy (non-hydrogen) atoms. The minimum absolute atomic E-state index is 0.643. The molecule has 0 bridgehead atoms. The Morgan fingerprint density at radius 2 is 2.00 bits per heavy atom. The van der Waals surface area contributed by atoms with Gasteiger partial charge < -0.3 is 0 Å². The average molecular weight is 289 g/mol. The molecule has 0 aromatic heterocycles. The number of nitrogens with zero attached hydrogens (tertiary/aromatic N) is 1. The summed E-state index contributed by atoms with van der Waals surface area (Å²) in [7, 11) is 0. The van der Waals surface area contributed by atoms with Gasteiger partial charge in [-0.25, -0.2) is 0 Å². The van der Waals surface area contributed by atoms with E-state index in [9.17, 15) is 0 Å². The van der Waals surface area contributed by atoms with Crippen LogP contribution in [0.15, 0.2) is 24.3 Å². The van der Waals surface area contributed by atoms with Crippen molar-refractivity contribution < 1.29 is 0 Å². The summed E-state index contributed by atoms with van der Waals surface area (Å²) < 4.78 is 0. The number of halogens is 2. The molecule has 1 aliphatic heterocycles. The quantitative estimate of drug-likeness (QED) is 0.752. The van der Waals surface area contributed by atoms with Crippen molar-refractivity contribution in [2.24, 2.45) is 5.92 Å². The molecule has 1 aromatic rings. The maximum Gasteiger partial charge on any atom is 0.0406 e. The molecular weight excluding hydrogens is 273 g/mol. The third-order valence-corrected chi connectivity index (χ3v) is 4.36. The molecule has 1 nitrogen and oxygen atoms in total. The number of benzene rings is 1. The number of likely N-dealkylation sites (tertiary alicyclic amines) is 1. The fraction of sp³-hybridized carbons (Fsp3) is 0.500. The molecule has 2 unspecified atom stereocenters. The molecule has 1 heterocycles. The molecule has 1 fully saturated rings. The Labute approximate surface area is 105 Å². The zero-order valence-electron chi connectivity index (χ0n) is 8.79. The molecule has 82 valence electrons. The monoisotopic (exact) mass is 287 g/mol. The number of hydrogen-bond donors (Lipinski definition) is 0. The standard InChI is InChI=1S/C12H15BrClN/c1-9-6-15(8-12(9)13)7-10-2-4-11(14)5-3-10/h2-5,9,12H,6-8H2,1H3. The highest BCUT2D eigenvalue weighted by Gasteiger charge is 2.26. The largest absolute Gasteiger partial charge is 0.298 e. The van der Waals surface area contributed by atoms with Crippen molar-refractivity contribution in [1.29, 1.82) is 0 Å². The van der Waals surface area contributed by atoms with Crippen molar-refractivity contribution in [1.82, 2.24) is 4.90 Å². The summed E-state index contributed by atoms with van der Waals surface area (Å²) in [6.45, 7) is 5.65. The van der Waals surface area contributed by atoms with Gasteiger partial charge in [0, 0.05) is 29.5 Å². The summed E-state index contributed by atoms with van der Waals surface area (Å²) in [6.07, 6.45) is 0. The van der Waals surface area contributed by atoms with Crippen LogP contribution in [0.5, 0.6) is 0 Å². The Morgan fingerprint density at radius 3 is 2.53 bits per heavy atom. The first-order chi connectivity index (χ1) is 7.15. The molecule has 0 amide bonds. The fourth-order valence-corrected chi connectivity index (χ4v) is 2.70. The van der Waals surface area contributed by atoms with Crippen LogP contribution >= 0.6 is 27.5 Å². The lowest BCUT2D eigenvalue weighted by Gasteiger charge is -2.14. The first-order valence-corrected chi connectivity index (χ1v) is 6.55. The van der Waals surface area contributed by atoms with Crippen LogP contribution in [0.3, 0.4) is 0 Å². The highest BCUT2D eigenvalue weighted by molar-refractivity contribution is 9.09. The first-order valence-electron chi connectivity index (χ1n) is 5.26. The van der Waals surface area contributed by atoms with Crippen LogP contribution in [0.2, 0.25) is 5.02 Å². The van der Waals surface area contributed by atoms with Crippen molar-refractivity contribution in [3.05, 3.63) is 34.9 Å². The summed E-state index contributed by atoms with van der Waals surface area (Å²) in [4.78, 5) is 3.12. The van der Waals surface area contributed by atoms with E-state index in [4.69, 9.17) is 11.6 Å². The van der Waals surface area contributed by atoms with Crippen molar-refractivity contribution >= 4 is 27.5 Å². The Morgan fingerprint density at radius 1 is 1.33 bits per heavy atom. The van der Waals surface area contributed by atoms with Crippen LogP contribution in [-0.2, 0) is 6.54 Å². The lowest BCUT2D eigenvalue weighted by atomic mass is 10.2. The molecule has 0 saturated carbocycles.